The van der Waals surface area contributed by atoms with Crippen molar-refractivity contribution in [3.8, 4) is 0 Å². The van der Waals surface area contributed by atoms with Crippen LogP contribution in [0.2, 0.25) is 0 Å². The van der Waals surface area contributed by atoms with Crippen LogP contribution in [0.25, 0.3) is 0 Å². The molecule has 0 radical (unpaired) electrons. The van der Waals surface area contributed by atoms with Crippen LogP contribution in [0.15, 0.2) is 29.4 Å². The highest BCUT2D eigenvalue weighted by Gasteiger charge is 2.11. The van der Waals surface area contributed by atoms with Gasteiger partial charge in [0.05, 0.1) is 6.61 Å². The van der Waals surface area contributed by atoms with E-state index in [9.17, 15) is 0 Å². The Balaban J connectivity index is 2.77. The van der Waals surface area contributed by atoms with Gasteiger partial charge >= 0.3 is 0 Å². The van der Waals surface area contributed by atoms with Crippen LogP contribution in [0, 0.1) is 0 Å². The number of nitrogens with zero attached hydrogens (tertiary/aromatic N) is 2. The van der Waals surface area contributed by atoms with Crippen molar-refractivity contribution in [3.63, 3.8) is 0 Å². The quantitative estimate of drug-likeness (QED) is 0.223. The summed E-state index contributed by atoms with van der Waals surface area (Å²) < 4.78 is 10.3. The lowest BCUT2D eigenvalue weighted by Gasteiger charge is -2.23. The molecule has 0 aliphatic rings. The van der Waals surface area contributed by atoms with Crippen molar-refractivity contribution >= 4 is 5.84 Å². The maximum absolute atomic E-state index is 8.87. The summed E-state index contributed by atoms with van der Waals surface area (Å²) in [7, 11) is 3.39. The lowest BCUT2D eigenvalue weighted by Crippen LogP contribution is -2.30. The van der Waals surface area contributed by atoms with E-state index in [1.807, 2.05) is 24.3 Å². The van der Waals surface area contributed by atoms with E-state index >= 15 is 0 Å². The summed E-state index contributed by atoms with van der Waals surface area (Å²) in [4.78, 5) is 2.27. The average Bonchev–Trinajstić information content (AvgIpc) is 2.52. The van der Waals surface area contributed by atoms with E-state index in [-0.39, 0.29) is 5.84 Å². The second-order valence-corrected chi connectivity index (χ2v) is 4.76. The molecule has 0 aliphatic heterocycles. The molecule has 0 heterocycles. The molecule has 0 bridgehead atoms. The standard InChI is InChI=1S/C15H25N3O3/c1-20-10-5-8-18(9-11-21-2)12-13-6-3-4-7-14(13)15(16)17-19/h3-4,6-7,19H,5,8-12H2,1-2H3,(H2,16,17). The topological polar surface area (TPSA) is 80.3 Å². The summed E-state index contributed by atoms with van der Waals surface area (Å²) in [6.07, 6.45) is 0.950. The number of hydrogen-bond donors (Lipinski definition) is 2. The van der Waals surface area contributed by atoms with Crippen molar-refractivity contribution in [2.75, 3.05) is 40.5 Å². The molecule has 21 heavy (non-hydrogen) atoms. The molecule has 3 N–H and O–H groups in total. The second kappa shape index (κ2) is 10.1. The lowest BCUT2D eigenvalue weighted by molar-refractivity contribution is 0.129. The van der Waals surface area contributed by atoms with E-state index in [1.54, 1.807) is 14.2 Å². The van der Waals surface area contributed by atoms with E-state index in [0.29, 0.717) is 6.61 Å². The van der Waals surface area contributed by atoms with Crippen molar-refractivity contribution < 1.29 is 14.7 Å². The maximum Gasteiger partial charge on any atom is 0.170 e. The molecule has 0 atom stereocenters. The van der Waals surface area contributed by atoms with E-state index in [0.717, 1.165) is 43.8 Å². The highest BCUT2D eigenvalue weighted by molar-refractivity contribution is 5.98. The Kier molecular flexibility index (Phi) is 8.42. The van der Waals surface area contributed by atoms with Gasteiger partial charge in [0.2, 0.25) is 0 Å². The SMILES string of the molecule is COCCCN(CCOC)Cc1ccccc1C(N)=NO. The summed E-state index contributed by atoms with van der Waals surface area (Å²) in [5.74, 6) is 0.134. The van der Waals surface area contributed by atoms with Crippen molar-refractivity contribution in [2.24, 2.45) is 10.9 Å². The van der Waals surface area contributed by atoms with Crippen LogP contribution in [-0.2, 0) is 16.0 Å². The van der Waals surface area contributed by atoms with Gasteiger partial charge in [-0.3, -0.25) is 4.90 Å². The molecule has 6 heteroatoms. The minimum atomic E-state index is 0.134. The van der Waals surface area contributed by atoms with Crippen LogP contribution >= 0.6 is 0 Å². The number of rotatable bonds is 10. The zero-order valence-corrected chi connectivity index (χ0v) is 12.8. The van der Waals surface area contributed by atoms with E-state index in [2.05, 4.69) is 10.1 Å². The summed E-state index contributed by atoms with van der Waals surface area (Å²) in [5, 5.41) is 12.0. The third-order valence-electron chi connectivity index (χ3n) is 3.23. The average molecular weight is 295 g/mol. The summed E-state index contributed by atoms with van der Waals surface area (Å²) in [6.45, 7) is 3.84. The minimum Gasteiger partial charge on any atom is -0.409 e. The smallest absolute Gasteiger partial charge is 0.170 e. The van der Waals surface area contributed by atoms with Crippen molar-refractivity contribution in [3.05, 3.63) is 35.4 Å². The molecule has 6 nitrogen and oxygen atoms in total. The number of methoxy groups -OCH3 is 2. The predicted molar refractivity (Wildman–Crippen MR) is 82.6 cm³/mol. The summed E-state index contributed by atoms with van der Waals surface area (Å²) >= 11 is 0. The van der Waals surface area contributed by atoms with Gasteiger partial charge < -0.3 is 20.4 Å². The Morgan fingerprint density at radius 1 is 1.19 bits per heavy atom. The molecule has 0 saturated heterocycles. The van der Waals surface area contributed by atoms with Gasteiger partial charge in [-0.1, -0.05) is 29.4 Å². The monoisotopic (exact) mass is 295 g/mol. The van der Waals surface area contributed by atoms with Crippen molar-refractivity contribution in [2.45, 2.75) is 13.0 Å². The van der Waals surface area contributed by atoms with E-state index in [1.165, 1.54) is 0 Å². The normalized spacial score (nSPS) is 12.0. The molecule has 1 aromatic carbocycles. The van der Waals surface area contributed by atoms with Gasteiger partial charge in [-0.25, -0.2) is 0 Å². The molecule has 0 aromatic heterocycles. The van der Waals surface area contributed by atoms with E-state index < -0.39 is 0 Å². The Bertz CT molecular complexity index is 438. The van der Waals surface area contributed by atoms with Gasteiger partial charge in [-0.05, 0) is 12.0 Å². The van der Waals surface area contributed by atoms with E-state index in [4.69, 9.17) is 20.4 Å². The number of ether oxygens (including phenoxy) is 2. The first-order valence-corrected chi connectivity index (χ1v) is 6.99. The fourth-order valence-corrected chi connectivity index (χ4v) is 2.13. The predicted octanol–water partition coefficient (Wildman–Crippen LogP) is 1.27. The van der Waals surface area contributed by atoms with Crippen molar-refractivity contribution in [1.82, 2.24) is 4.90 Å². The molecule has 1 rings (SSSR count). The Labute approximate surface area is 126 Å². The fourth-order valence-electron chi connectivity index (χ4n) is 2.13. The zero-order chi connectivity index (χ0) is 15.5. The molecule has 0 amide bonds. The van der Waals surface area contributed by atoms with Crippen LogP contribution in [-0.4, -0.2) is 56.5 Å². The first kappa shape index (κ1) is 17.4. The van der Waals surface area contributed by atoms with Gasteiger partial charge in [0.1, 0.15) is 0 Å². The highest BCUT2D eigenvalue weighted by Crippen LogP contribution is 2.12. The first-order chi connectivity index (χ1) is 10.2. The van der Waals surface area contributed by atoms with Crippen LogP contribution < -0.4 is 5.73 Å². The molecular weight excluding hydrogens is 270 g/mol. The van der Waals surface area contributed by atoms with Gasteiger partial charge in [0.15, 0.2) is 5.84 Å². The minimum absolute atomic E-state index is 0.134. The molecule has 0 spiro atoms. The number of amidine groups is 1. The lowest BCUT2D eigenvalue weighted by atomic mass is 10.1. The van der Waals surface area contributed by atoms with Crippen LogP contribution in [0.3, 0.4) is 0 Å². The third kappa shape index (κ3) is 6.12. The van der Waals surface area contributed by atoms with Crippen LogP contribution in [0.5, 0.6) is 0 Å². The maximum atomic E-state index is 8.87. The van der Waals surface area contributed by atoms with Gasteiger partial charge in [-0.2, -0.15) is 0 Å². The Morgan fingerprint density at radius 3 is 2.57 bits per heavy atom. The first-order valence-electron chi connectivity index (χ1n) is 6.99. The molecule has 0 fully saturated rings. The second-order valence-electron chi connectivity index (χ2n) is 4.76. The summed E-state index contributed by atoms with van der Waals surface area (Å²) in [6, 6.07) is 7.67. The Hall–Kier alpha value is -1.63. The highest BCUT2D eigenvalue weighted by atomic mass is 16.5. The molecule has 118 valence electrons. The zero-order valence-electron chi connectivity index (χ0n) is 12.8. The molecular formula is C15H25N3O3. The van der Waals surface area contributed by atoms with Crippen molar-refractivity contribution in [1.29, 1.82) is 0 Å². The number of nitrogens with two attached hydrogens (primary N) is 1. The largest absolute Gasteiger partial charge is 0.409 e. The Morgan fingerprint density at radius 2 is 1.90 bits per heavy atom. The summed E-state index contributed by atoms with van der Waals surface area (Å²) in [5.41, 5.74) is 7.52. The number of hydrogen-bond acceptors (Lipinski definition) is 5. The third-order valence-corrected chi connectivity index (χ3v) is 3.23. The fraction of sp³-hybridized carbons (Fsp3) is 0.533. The number of benzene rings is 1. The molecule has 0 aliphatic carbocycles. The number of oxime groups is 1. The van der Waals surface area contributed by atoms with Crippen LogP contribution in [0.1, 0.15) is 17.5 Å². The van der Waals surface area contributed by atoms with Crippen LogP contribution in [0.4, 0.5) is 0 Å². The van der Waals surface area contributed by atoms with Gasteiger partial charge in [0.25, 0.3) is 0 Å². The molecule has 1 aromatic rings. The van der Waals surface area contributed by atoms with Gasteiger partial charge in [0, 0.05) is 46.0 Å². The molecule has 0 saturated carbocycles. The molecule has 0 unspecified atom stereocenters. The van der Waals surface area contributed by atoms with Gasteiger partial charge in [-0.15, -0.1) is 0 Å².